The van der Waals surface area contributed by atoms with E-state index in [1.54, 1.807) is 0 Å². The minimum absolute atomic E-state index is 0.00595. The fourth-order valence-electron chi connectivity index (χ4n) is 2.13. The van der Waals surface area contributed by atoms with E-state index in [2.05, 4.69) is 15.3 Å². The van der Waals surface area contributed by atoms with E-state index in [-0.39, 0.29) is 24.1 Å². The number of imidazole rings is 1. The second-order valence-corrected chi connectivity index (χ2v) is 5.40. The Morgan fingerprint density at radius 3 is 2.86 bits per heavy atom. The zero-order valence-electron chi connectivity index (χ0n) is 12.1. The van der Waals surface area contributed by atoms with E-state index in [0.29, 0.717) is 13.0 Å². The van der Waals surface area contributed by atoms with Crippen LogP contribution < -0.4 is 11.0 Å². The van der Waals surface area contributed by atoms with Gasteiger partial charge in [0.2, 0.25) is 5.91 Å². The highest BCUT2D eigenvalue weighted by atomic mass is 16.3. The maximum Gasteiger partial charge on any atom is 0.323 e. The maximum atomic E-state index is 11.6. The molecule has 0 aliphatic heterocycles. The standard InChI is InChI=1S/C15H21N3O3/c1-10(9-19)8-16-14(20)4-2-3-11-5-6-12-13(7-11)18-15(21)17-12/h5-7,10,19H,2-4,8-9H2,1H3,(H,16,20)(H2,17,18,21). The summed E-state index contributed by atoms with van der Waals surface area (Å²) >= 11 is 0. The average molecular weight is 291 g/mol. The van der Waals surface area contributed by atoms with Gasteiger partial charge in [-0.15, -0.1) is 0 Å². The molecule has 1 aromatic heterocycles. The third kappa shape index (κ3) is 4.46. The maximum absolute atomic E-state index is 11.6. The third-order valence-corrected chi connectivity index (χ3v) is 3.41. The minimum Gasteiger partial charge on any atom is -0.396 e. The number of carbonyl (C=O) groups is 1. The highest BCUT2D eigenvalue weighted by molar-refractivity contribution is 5.76. The van der Waals surface area contributed by atoms with Crippen LogP contribution in [0.4, 0.5) is 0 Å². The molecule has 1 heterocycles. The minimum atomic E-state index is -0.209. The van der Waals surface area contributed by atoms with Crippen molar-refractivity contribution in [2.75, 3.05) is 13.2 Å². The molecule has 2 aromatic rings. The average Bonchev–Trinajstić information content (AvgIpc) is 2.84. The van der Waals surface area contributed by atoms with Gasteiger partial charge in [0.05, 0.1) is 11.0 Å². The van der Waals surface area contributed by atoms with Crippen molar-refractivity contribution >= 4 is 16.9 Å². The number of nitrogens with one attached hydrogen (secondary N) is 3. The first-order chi connectivity index (χ1) is 10.1. The molecule has 1 amide bonds. The van der Waals surface area contributed by atoms with Gasteiger partial charge in [-0.05, 0) is 36.5 Å². The number of hydrogen-bond donors (Lipinski definition) is 4. The molecule has 0 spiro atoms. The lowest BCUT2D eigenvalue weighted by Gasteiger charge is -2.09. The van der Waals surface area contributed by atoms with Crippen LogP contribution in [0.25, 0.3) is 11.0 Å². The van der Waals surface area contributed by atoms with E-state index in [0.717, 1.165) is 29.4 Å². The Balaban J connectivity index is 1.79. The Morgan fingerprint density at radius 2 is 2.10 bits per heavy atom. The molecular formula is C15H21N3O3. The van der Waals surface area contributed by atoms with Gasteiger partial charge in [-0.25, -0.2) is 4.79 Å². The van der Waals surface area contributed by atoms with Crippen molar-refractivity contribution in [2.24, 2.45) is 5.92 Å². The molecule has 1 aromatic carbocycles. The first kappa shape index (κ1) is 15.3. The lowest BCUT2D eigenvalue weighted by atomic mass is 10.1. The lowest BCUT2D eigenvalue weighted by molar-refractivity contribution is -0.121. The predicted molar refractivity (Wildman–Crippen MR) is 81.1 cm³/mol. The monoisotopic (exact) mass is 291 g/mol. The van der Waals surface area contributed by atoms with Crippen molar-refractivity contribution in [1.82, 2.24) is 15.3 Å². The lowest BCUT2D eigenvalue weighted by Crippen LogP contribution is -2.29. The molecule has 2 rings (SSSR count). The zero-order valence-corrected chi connectivity index (χ0v) is 12.1. The highest BCUT2D eigenvalue weighted by Gasteiger charge is 2.05. The first-order valence-corrected chi connectivity index (χ1v) is 7.17. The summed E-state index contributed by atoms with van der Waals surface area (Å²) in [6, 6.07) is 5.75. The zero-order chi connectivity index (χ0) is 15.2. The quantitative estimate of drug-likeness (QED) is 0.610. The number of H-pyrrole nitrogens is 2. The Labute approximate surface area is 122 Å². The van der Waals surface area contributed by atoms with Crippen LogP contribution in [0.15, 0.2) is 23.0 Å². The Kier molecular flexibility index (Phi) is 5.16. The van der Waals surface area contributed by atoms with E-state index < -0.39 is 0 Å². The first-order valence-electron chi connectivity index (χ1n) is 7.17. The summed E-state index contributed by atoms with van der Waals surface area (Å²) in [5, 5.41) is 11.7. The second-order valence-electron chi connectivity index (χ2n) is 5.40. The summed E-state index contributed by atoms with van der Waals surface area (Å²) in [4.78, 5) is 28.2. The molecule has 21 heavy (non-hydrogen) atoms. The van der Waals surface area contributed by atoms with Crippen molar-refractivity contribution in [3.63, 3.8) is 0 Å². The Morgan fingerprint density at radius 1 is 1.33 bits per heavy atom. The third-order valence-electron chi connectivity index (χ3n) is 3.41. The van der Waals surface area contributed by atoms with Gasteiger partial charge >= 0.3 is 5.69 Å². The van der Waals surface area contributed by atoms with Crippen LogP contribution in [-0.2, 0) is 11.2 Å². The fourth-order valence-corrected chi connectivity index (χ4v) is 2.13. The largest absolute Gasteiger partial charge is 0.396 e. The summed E-state index contributed by atoms with van der Waals surface area (Å²) in [5.41, 5.74) is 2.46. The number of aliphatic hydroxyl groups excluding tert-OH is 1. The van der Waals surface area contributed by atoms with E-state index in [9.17, 15) is 9.59 Å². The number of carbonyl (C=O) groups excluding carboxylic acids is 1. The topological polar surface area (TPSA) is 98.0 Å². The number of rotatable bonds is 7. The molecule has 0 radical (unpaired) electrons. The molecule has 1 atom stereocenters. The number of benzene rings is 1. The molecule has 0 fully saturated rings. The fraction of sp³-hybridized carbons (Fsp3) is 0.467. The van der Waals surface area contributed by atoms with Crippen LogP contribution in [-0.4, -0.2) is 34.1 Å². The molecule has 0 saturated carbocycles. The van der Waals surface area contributed by atoms with E-state index >= 15 is 0 Å². The summed E-state index contributed by atoms with van der Waals surface area (Å²) in [6.07, 6.45) is 1.99. The SMILES string of the molecule is CC(CO)CNC(=O)CCCc1ccc2[nH]c(=O)[nH]c2c1. The van der Waals surface area contributed by atoms with Gasteiger partial charge in [0, 0.05) is 19.6 Å². The predicted octanol–water partition coefficient (Wildman–Crippen LogP) is 0.923. The van der Waals surface area contributed by atoms with Crippen molar-refractivity contribution in [3.8, 4) is 0 Å². The Hall–Kier alpha value is -2.08. The van der Waals surface area contributed by atoms with Gasteiger partial charge in [0.1, 0.15) is 0 Å². The molecular weight excluding hydrogens is 270 g/mol. The van der Waals surface area contributed by atoms with E-state index in [1.165, 1.54) is 0 Å². The van der Waals surface area contributed by atoms with Crippen molar-refractivity contribution in [2.45, 2.75) is 26.2 Å². The second kappa shape index (κ2) is 7.08. The number of aromatic nitrogens is 2. The van der Waals surface area contributed by atoms with Gasteiger partial charge in [-0.1, -0.05) is 13.0 Å². The summed E-state index contributed by atoms with van der Waals surface area (Å²) in [5.74, 6) is 0.0909. The van der Waals surface area contributed by atoms with Crippen LogP contribution in [0.5, 0.6) is 0 Å². The van der Waals surface area contributed by atoms with Crippen LogP contribution in [0.3, 0.4) is 0 Å². The molecule has 0 aliphatic carbocycles. The van der Waals surface area contributed by atoms with Gasteiger partial charge in [0.15, 0.2) is 0 Å². The molecule has 6 heteroatoms. The van der Waals surface area contributed by atoms with Crippen molar-refractivity contribution in [1.29, 1.82) is 0 Å². The number of hydrogen-bond acceptors (Lipinski definition) is 3. The van der Waals surface area contributed by atoms with Crippen LogP contribution in [0, 0.1) is 5.92 Å². The van der Waals surface area contributed by atoms with E-state index in [1.807, 2.05) is 25.1 Å². The number of aliphatic hydroxyl groups is 1. The van der Waals surface area contributed by atoms with Crippen molar-refractivity contribution in [3.05, 3.63) is 34.2 Å². The van der Waals surface area contributed by atoms with Gasteiger partial charge in [-0.2, -0.15) is 0 Å². The number of fused-ring (bicyclic) bond motifs is 1. The number of aromatic amines is 2. The van der Waals surface area contributed by atoms with Gasteiger partial charge in [0.25, 0.3) is 0 Å². The molecule has 6 nitrogen and oxygen atoms in total. The van der Waals surface area contributed by atoms with Crippen LogP contribution >= 0.6 is 0 Å². The van der Waals surface area contributed by atoms with Gasteiger partial charge in [-0.3, -0.25) is 4.79 Å². The smallest absolute Gasteiger partial charge is 0.323 e. The van der Waals surface area contributed by atoms with Crippen molar-refractivity contribution < 1.29 is 9.90 Å². The molecule has 4 N–H and O–H groups in total. The summed E-state index contributed by atoms with van der Waals surface area (Å²) in [7, 11) is 0. The summed E-state index contributed by atoms with van der Waals surface area (Å²) < 4.78 is 0. The van der Waals surface area contributed by atoms with Crippen LogP contribution in [0.1, 0.15) is 25.3 Å². The molecule has 0 aliphatic rings. The van der Waals surface area contributed by atoms with Gasteiger partial charge < -0.3 is 20.4 Å². The van der Waals surface area contributed by atoms with E-state index in [4.69, 9.17) is 5.11 Å². The molecule has 114 valence electrons. The molecule has 1 unspecified atom stereocenters. The molecule has 0 bridgehead atoms. The summed E-state index contributed by atoms with van der Waals surface area (Å²) in [6.45, 7) is 2.47. The number of aryl methyl sites for hydroxylation is 1. The normalized spacial score (nSPS) is 12.5. The van der Waals surface area contributed by atoms with Crippen LogP contribution in [0.2, 0.25) is 0 Å². The Bertz CT molecular complexity index is 659. The number of amides is 1. The highest BCUT2D eigenvalue weighted by Crippen LogP contribution is 2.12. The molecule has 0 saturated heterocycles.